The van der Waals surface area contributed by atoms with Gasteiger partial charge in [0.15, 0.2) is 0 Å². The highest BCUT2D eigenvalue weighted by Gasteiger charge is 2.53. The highest BCUT2D eigenvalue weighted by molar-refractivity contribution is 5.82. The number of carboxylic acid groups (broad SMARTS) is 1. The molecule has 1 rings (SSSR count). The number of aliphatic carboxylic acids is 1. The minimum atomic E-state index is -3.11. The Kier molecular flexibility index (Phi) is 3.45. The van der Waals surface area contributed by atoms with Crippen LogP contribution in [0.3, 0.4) is 0 Å². The van der Waals surface area contributed by atoms with E-state index in [2.05, 4.69) is 0 Å². The van der Waals surface area contributed by atoms with Gasteiger partial charge in [0.2, 0.25) is 5.92 Å². The predicted molar refractivity (Wildman–Crippen MR) is 54.6 cm³/mol. The molecule has 0 aromatic carbocycles. The molecule has 0 bridgehead atoms. The third-order valence-electron chi connectivity index (χ3n) is 2.55. The van der Waals surface area contributed by atoms with Crippen molar-refractivity contribution in [3.63, 3.8) is 0 Å². The van der Waals surface area contributed by atoms with Crippen LogP contribution in [0.5, 0.6) is 0 Å². The molecular weight excluding hydrogens is 234 g/mol. The zero-order chi connectivity index (χ0) is 13.4. The average Bonchev–Trinajstić information content (AvgIpc) is 2.38. The Labute approximate surface area is 97.9 Å². The molecule has 0 saturated heterocycles. The fraction of sp³-hybridized carbons (Fsp3) is 0.818. The second-order valence-corrected chi connectivity index (χ2v) is 5.35. The average molecular weight is 250 g/mol. The monoisotopic (exact) mass is 250 g/mol. The number of carboxylic acids is 1. The van der Waals surface area contributed by atoms with Crippen LogP contribution in [0, 0.1) is 11.8 Å². The number of ether oxygens (including phenoxy) is 1. The predicted octanol–water partition coefficient (Wildman–Crippen LogP) is 2.07. The maximum Gasteiger partial charge on any atom is 0.310 e. The molecule has 2 atom stereocenters. The van der Waals surface area contributed by atoms with Crippen LogP contribution in [0.1, 0.15) is 33.6 Å². The van der Waals surface area contributed by atoms with Crippen molar-refractivity contribution >= 4 is 11.9 Å². The zero-order valence-corrected chi connectivity index (χ0v) is 10.00. The van der Waals surface area contributed by atoms with E-state index in [-0.39, 0.29) is 0 Å². The first-order chi connectivity index (χ1) is 7.52. The smallest absolute Gasteiger partial charge is 0.310 e. The molecule has 4 nitrogen and oxygen atoms in total. The first kappa shape index (κ1) is 13.9. The highest BCUT2D eigenvalue weighted by Crippen LogP contribution is 2.44. The van der Waals surface area contributed by atoms with Gasteiger partial charge in [-0.15, -0.1) is 0 Å². The van der Waals surface area contributed by atoms with E-state index >= 15 is 0 Å². The lowest BCUT2D eigenvalue weighted by atomic mass is 9.96. The number of hydrogen-bond acceptors (Lipinski definition) is 3. The summed E-state index contributed by atoms with van der Waals surface area (Å²) in [4.78, 5) is 22.5. The van der Waals surface area contributed by atoms with Crippen LogP contribution in [0.4, 0.5) is 8.78 Å². The number of esters is 1. The summed E-state index contributed by atoms with van der Waals surface area (Å²) in [5, 5.41) is 8.82. The Morgan fingerprint density at radius 2 is 1.71 bits per heavy atom. The first-order valence-corrected chi connectivity index (χ1v) is 5.35. The molecular formula is C11H16F2O4. The van der Waals surface area contributed by atoms with Crippen molar-refractivity contribution in [2.75, 3.05) is 0 Å². The third kappa shape index (κ3) is 3.64. The van der Waals surface area contributed by atoms with Crippen LogP contribution in [0.25, 0.3) is 0 Å². The molecule has 0 heterocycles. The Balaban J connectivity index is 2.81. The van der Waals surface area contributed by atoms with Crippen molar-refractivity contribution in [2.24, 2.45) is 11.8 Å². The molecule has 1 fully saturated rings. The lowest BCUT2D eigenvalue weighted by Crippen LogP contribution is -2.32. The van der Waals surface area contributed by atoms with E-state index in [1.165, 1.54) is 0 Å². The molecule has 0 aromatic heterocycles. The SMILES string of the molecule is CC(C)(C)OC(=O)C1CC(F)(F)C[C@@H]1C(=O)O. The number of hydrogen-bond donors (Lipinski definition) is 1. The van der Waals surface area contributed by atoms with E-state index in [1.807, 2.05) is 0 Å². The quantitative estimate of drug-likeness (QED) is 0.762. The van der Waals surface area contributed by atoms with Gasteiger partial charge in [0, 0.05) is 12.8 Å². The molecule has 0 spiro atoms. The Bertz CT molecular complexity index is 333. The van der Waals surface area contributed by atoms with Crippen LogP contribution in [-0.4, -0.2) is 28.6 Å². The minimum Gasteiger partial charge on any atom is -0.481 e. The minimum absolute atomic E-state index is 0.751. The van der Waals surface area contributed by atoms with Crippen LogP contribution < -0.4 is 0 Å². The summed E-state index contributed by atoms with van der Waals surface area (Å²) >= 11 is 0. The van der Waals surface area contributed by atoms with Gasteiger partial charge >= 0.3 is 11.9 Å². The number of alkyl halides is 2. The first-order valence-electron chi connectivity index (χ1n) is 5.35. The standard InChI is InChI=1S/C11H16F2O4/c1-10(2,3)17-9(16)7-5-11(12,13)4-6(7)8(14)15/h6-7H,4-5H2,1-3H3,(H,14,15)/t6-,7?/m0/s1. The summed E-state index contributed by atoms with van der Waals surface area (Å²) in [5.74, 6) is -7.97. The summed E-state index contributed by atoms with van der Waals surface area (Å²) < 4.78 is 31.2. The van der Waals surface area contributed by atoms with Gasteiger partial charge in [-0.05, 0) is 20.8 Å². The Morgan fingerprint density at radius 1 is 1.24 bits per heavy atom. The van der Waals surface area contributed by atoms with Crippen LogP contribution >= 0.6 is 0 Å². The van der Waals surface area contributed by atoms with Crippen molar-refractivity contribution in [2.45, 2.75) is 45.1 Å². The zero-order valence-electron chi connectivity index (χ0n) is 10.00. The van der Waals surface area contributed by atoms with E-state index in [9.17, 15) is 18.4 Å². The van der Waals surface area contributed by atoms with E-state index in [0.717, 1.165) is 0 Å². The number of halogens is 2. The van der Waals surface area contributed by atoms with Gasteiger partial charge in [0.05, 0.1) is 11.8 Å². The number of carbonyl (C=O) groups excluding carboxylic acids is 1. The maximum absolute atomic E-state index is 13.1. The van der Waals surface area contributed by atoms with Crippen molar-refractivity contribution < 1.29 is 28.2 Å². The van der Waals surface area contributed by atoms with E-state index in [1.54, 1.807) is 20.8 Å². The van der Waals surface area contributed by atoms with Gasteiger partial charge < -0.3 is 9.84 Å². The second kappa shape index (κ2) is 4.23. The maximum atomic E-state index is 13.1. The van der Waals surface area contributed by atoms with Gasteiger partial charge in [0.1, 0.15) is 5.60 Å². The summed E-state index contributed by atoms with van der Waals surface area (Å²) in [7, 11) is 0. The third-order valence-corrected chi connectivity index (χ3v) is 2.55. The van der Waals surface area contributed by atoms with Gasteiger partial charge in [-0.3, -0.25) is 9.59 Å². The van der Waals surface area contributed by atoms with Crippen LogP contribution in [0.2, 0.25) is 0 Å². The normalized spacial score (nSPS) is 27.8. The summed E-state index contributed by atoms with van der Waals surface area (Å²) in [6.07, 6.45) is -1.55. The Hall–Kier alpha value is -1.20. The molecule has 0 amide bonds. The lowest BCUT2D eigenvalue weighted by Gasteiger charge is -2.23. The van der Waals surface area contributed by atoms with Gasteiger partial charge in [-0.2, -0.15) is 0 Å². The molecule has 0 radical (unpaired) electrons. The molecule has 1 saturated carbocycles. The van der Waals surface area contributed by atoms with Crippen molar-refractivity contribution in [3.05, 3.63) is 0 Å². The van der Waals surface area contributed by atoms with Gasteiger partial charge in [-0.1, -0.05) is 0 Å². The van der Waals surface area contributed by atoms with E-state index in [0.29, 0.717) is 0 Å². The van der Waals surface area contributed by atoms with Crippen molar-refractivity contribution in [1.82, 2.24) is 0 Å². The number of carbonyl (C=O) groups is 2. The van der Waals surface area contributed by atoms with Gasteiger partial charge in [-0.25, -0.2) is 8.78 Å². The molecule has 1 N–H and O–H groups in total. The number of rotatable bonds is 2. The van der Waals surface area contributed by atoms with Gasteiger partial charge in [0.25, 0.3) is 0 Å². The van der Waals surface area contributed by atoms with Crippen molar-refractivity contribution in [3.8, 4) is 0 Å². The molecule has 98 valence electrons. The van der Waals surface area contributed by atoms with Crippen LogP contribution in [-0.2, 0) is 14.3 Å². The summed E-state index contributed by atoms with van der Waals surface area (Å²) in [6.45, 7) is 4.81. The molecule has 0 aromatic rings. The Morgan fingerprint density at radius 3 is 2.12 bits per heavy atom. The molecule has 1 unspecified atom stereocenters. The molecule has 0 aliphatic heterocycles. The summed E-state index contributed by atoms with van der Waals surface area (Å²) in [5.41, 5.74) is -0.808. The molecule has 1 aliphatic rings. The second-order valence-electron chi connectivity index (χ2n) is 5.35. The summed E-state index contributed by atoms with van der Waals surface area (Å²) in [6, 6.07) is 0. The van der Waals surface area contributed by atoms with E-state index in [4.69, 9.17) is 9.84 Å². The lowest BCUT2D eigenvalue weighted by molar-refractivity contribution is -0.165. The van der Waals surface area contributed by atoms with Crippen LogP contribution in [0.15, 0.2) is 0 Å². The molecule has 1 aliphatic carbocycles. The van der Waals surface area contributed by atoms with E-state index < -0.39 is 48.1 Å². The van der Waals surface area contributed by atoms with Crippen molar-refractivity contribution in [1.29, 1.82) is 0 Å². The fourth-order valence-corrected chi connectivity index (χ4v) is 1.90. The highest BCUT2D eigenvalue weighted by atomic mass is 19.3. The fourth-order valence-electron chi connectivity index (χ4n) is 1.90. The largest absolute Gasteiger partial charge is 0.481 e. The molecule has 17 heavy (non-hydrogen) atoms. The molecule has 6 heteroatoms. The topological polar surface area (TPSA) is 63.6 Å².